The van der Waals surface area contributed by atoms with Crippen molar-refractivity contribution in [1.82, 2.24) is 5.32 Å². The fraction of sp³-hybridized carbons (Fsp3) is 0.385. The van der Waals surface area contributed by atoms with Crippen LogP contribution in [-0.2, 0) is 0 Å². The summed E-state index contributed by atoms with van der Waals surface area (Å²) < 4.78 is 0. The molecule has 0 saturated heterocycles. The van der Waals surface area contributed by atoms with Crippen molar-refractivity contribution in [3.63, 3.8) is 0 Å². The number of thiocarbonyl (C=S) groups is 1. The number of carbonyl (C=O) groups excluding carboxylic acids is 1. The minimum atomic E-state index is -0.239. The maximum absolute atomic E-state index is 12.1. The van der Waals surface area contributed by atoms with Crippen LogP contribution in [0, 0.1) is 13.8 Å². The van der Waals surface area contributed by atoms with Gasteiger partial charge in [0, 0.05) is 5.56 Å². The molecule has 3 nitrogen and oxygen atoms in total. The lowest BCUT2D eigenvalue weighted by atomic mass is 10.0. The number of carbonyl (C=O) groups is 1. The second-order valence-corrected chi connectivity index (χ2v) is 4.57. The maximum Gasteiger partial charge on any atom is 0.252 e. The number of hydrogen-bond acceptors (Lipinski definition) is 2. The van der Waals surface area contributed by atoms with Crippen LogP contribution < -0.4 is 11.1 Å². The first-order valence-corrected chi connectivity index (χ1v) is 6.04. The van der Waals surface area contributed by atoms with Gasteiger partial charge in [0.2, 0.25) is 0 Å². The zero-order valence-corrected chi connectivity index (χ0v) is 11.2. The van der Waals surface area contributed by atoms with E-state index in [1.807, 2.05) is 39.0 Å². The molecule has 0 spiro atoms. The molecule has 1 atom stereocenters. The average Bonchev–Trinajstić information content (AvgIpc) is 2.25. The molecule has 92 valence electrons. The Morgan fingerprint density at radius 1 is 1.41 bits per heavy atom. The van der Waals surface area contributed by atoms with Crippen LogP contribution in [0.25, 0.3) is 0 Å². The lowest BCUT2D eigenvalue weighted by Gasteiger charge is -2.17. The van der Waals surface area contributed by atoms with Crippen molar-refractivity contribution in [2.24, 2.45) is 5.73 Å². The van der Waals surface area contributed by atoms with Gasteiger partial charge in [-0.3, -0.25) is 4.79 Å². The molecule has 1 unspecified atom stereocenters. The molecule has 0 aliphatic heterocycles. The van der Waals surface area contributed by atoms with Gasteiger partial charge in [-0.15, -0.1) is 0 Å². The van der Waals surface area contributed by atoms with E-state index in [2.05, 4.69) is 5.32 Å². The summed E-state index contributed by atoms with van der Waals surface area (Å²) in [6, 6.07) is 5.54. The molecule has 0 heterocycles. The Morgan fingerprint density at radius 3 is 2.35 bits per heavy atom. The zero-order chi connectivity index (χ0) is 13.0. The van der Waals surface area contributed by atoms with Gasteiger partial charge in [0.05, 0.1) is 11.0 Å². The van der Waals surface area contributed by atoms with Crippen molar-refractivity contribution in [2.45, 2.75) is 33.2 Å². The Morgan fingerprint density at radius 2 is 1.94 bits per heavy atom. The summed E-state index contributed by atoms with van der Waals surface area (Å²) in [4.78, 5) is 12.5. The van der Waals surface area contributed by atoms with Crippen molar-refractivity contribution < 1.29 is 4.79 Å². The molecule has 17 heavy (non-hydrogen) atoms. The van der Waals surface area contributed by atoms with E-state index < -0.39 is 0 Å². The van der Waals surface area contributed by atoms with E-state index in [1.54, 1.807) is 0 Å². The van der Waals surface area contributed by atoms with Crippen LogP contribution in [0.2, 0.25) is 0 Å². The molecule has 0 aliphatic carbocycles. The third kappa shape index (κ3) is 3.27. The monoisotopic (exact) mass is 250 g/mol. The first kappa shape index (κ1) is 13.6. The third-order valence-corrected chi connectivity index (χ3v) is 3.05. The standard InChI is InChI=1S/C13H18N2OS/c1-4-10(12(14)17)15-13(16)11-8(2)6-5-7-9(11)3/h5-7,10H,4H2,1-3H3,(H2,14,17)(H,15,16). The number of rotatable bonds is 4. The predicted molar refractivity (Wildman–Crippen MR) is 74.2 cm³/mol. The smallest absolute Gasteiger partial charge is 0.252 e. The molecule has 0 radical (unpaired) electrons. The van der Waals surface area contributed by atoms with Gasteiger partial charge in [-0.05, 0) is 31.4 Å². The van der Waals surface area contributed by atoms with Crippen molar-refractivity contribution >= 4 is 23.1 Å². The molecule has 3 N–H and O–H groups in total. The second-order valence-electron chi connectivity index (χ2n) is 4.10. The lowest BCUT2D eigenvalue weighted by Crippen LogP contribution is -2.43. The third-order valence-electron chi connectivity index (χ3n) is 2.77. The molecular formula is C13H18N2OS. The van der Waals surface area contributed by atoms with Crippen LogP contribution >= 0.6 is 12.2 Å². The Bertz CT molecular complexity index is 423. The van der Waals surface area contributed by atoms with E-state index in [4.69, 9.17) is 18.0 Å². The highest BCUT2D eigenvalue weighted by Crippen LogP contribution is 2.13. The maximum atomic E-state index is 12.1. The van der Waals surface area contributed by atoms with Crippen molar-refractivity contribution in [2.75, 3.05) is 0 Å². The Kier molecular flexibility index (Phi) is 4.63. The summed E-state index contributed by atoms with van der Waals surface area (Å²) in [5.41, 5.74) is 8.19. The zero-order valence-electron chi connectivity index (χ0n) is 10.4. The summed E-state index contributed by atoms with van der Waals surface area (Å²) in [6.45, 7) is 5.78. The Labute approximate surface area is 107 Å². The highest BCUT2D eigenvalue weighted by atomic mass is 32.1. The molecule has 0 fully saturated rings. The van der Waals surface area contributed by atoms with Gasteiger partial charge in [0.15, 0.2) is 0 Å². The normalized spacial score (nSPS) is 11.9. The van der Waals surface area contributed by atoms with E-state index in [0.29, 0.717) is 17.0 Å². The fourth-order valence-electron chi connectivity index (χ4n) is 1.78. The van der Waals surface area contributed by atoms with Crippen LogP contribution in [0.3, 0.4) is 0 Å². The van der Waals surface area contributed by atoms with E-state index in [-0.39, 0.29) is 11.9 Å². The number of hydrogen-bond donors (Lipinski definition) is 2. The van der Waals surface area contributed by atoms with Gasteiger partial charge in [-0.1, -0.05) is 37.3 Å². The SMILES string of the molecule is CCC(NC(=O)c1c(C)cccc1C)C(N)=S. The molecule has 0 bridgehead atoms. The fourth-order valence-corrected chi connectivity index (χ4v) is 2.00. The summed E-state index contributed by atoms with van der Waals surface area (Å²) in [5, 5.41) is 2.86. The van der Waals surface area contributed by atoms with Gasteiger partial charge in [-0.2, -0.15) is 0 Å². The van der Waals surface area contributed by atoms with Crippen molar-refractivity contribution in [3.05, 3.63) is 34.9 Å². The molecule has 0 saturated carbocycles. The highest BCUT2D eigenvalue weighted by molar-refractivity contribution is 7.80. The molecule has 1 aromatic rings. The molecule has 0 aromatic heterocycles. The van der Waals surface area contributed by atoms with Crippen LogP contribution in [-0.4, -0.2) is 16.9 Å². The van der Waals surface area contributed by atoms with Crippen molar-refractivity contribution in [3.8, 4) is 0 Å². The van der Waals surface area contributed by atoms with Gasteiger partial charge in [0.25, 0.3) is 5.91 Å². The van der Waals surface area contributed by atoms with E-state index in [1.165, 1.54) is 0 Å². The largest absolute Gasteiger partial charge is 0.392 e. The van der Waals surface area contributed by atoms with Crippen LogP contribution in [0.15, 0.2) is 18.2 Å². The van der Waals surface area contributed by atoms with Crippen LogP contribution in [0.5, 0.6) is 0 Å². The number of benzene rings is 1. The lowest BCUT2D eigenvalue weighted by molar-refractivity contribution is 0.0945. The van der Waals surface area contributed by atoms with E-state index in [9.17, 15) is 4.79 Å². The molecule has 1 aromatic carbocycles. The topological polar surface area (TPSA) is 55.1 Å². The first-order chi connectivity index (χ1) is 7.97. The molecule has 1 amide bonds. The number of amides is 1. The Hall–Kier alpha value is -1.42. The highest BCUT2D eigenvalue weighted by Gasteiger charge is 2.17. The minimum absolute atomic E-state index is 0.111. The summed E-state index contributed by atoms with van der Waals surface area (Å²) in [6.07, 6.45) is 0.700. The molecule has 0 aliphatic rings. The van der Waals surface area contributed by atoms with Gasteiger partial charge in [-0.25, -0.2) is 0 Å². The summed E-state index contributed by atoms with van der Waals surface area (Å²) in [5.74, 6) is -0.111. The predicted octanol–water partition coefficient (Wildman–Crippen LogP) is 2.10. The average molecular weight is 250 g/mol. The number of aryl methyl sites for hydroxylation is 2. The molecule has 4 heteroatoms. The quantitative estimate of drug-likeness (QED) is 0.805. The van der Waals surface area contributed by atoms with Gasteiger partial charge in [0.1, 0.15) is 0 Å². The summed E-state index contributed by atoms with van der Waals surface area (Å²) in [7, 11) is 0. The Balaban J connectivity index is 2.94. The summed E-state index contributed by atoms with van der Waals surface area (Å²) >= 11 is 4.91. The van der Waals surface area contributed by atoms with Crippen LogP contribution in [0.1, 0.15) is 34.8 Å². The number of nitrogens with two attached hydrogens (primary N) is 1. The molecular weight excluding hydrogens is 232 g/mol. The first-order valence-electron chi connectivity index (χ1n) is 5.63. The number of nitrogens with one attached hydrogen (secondary N) is 1. The molecule has 1 rings (SSSR count). The van der Waals surface area contributed by atoms with Crippen molar-refractivity contribution in [1.29, 1.82) is 0 Å². The van der Waals surface area contributed by atoms with Gasteiger partial charge < -0.3 is 11.1 Å². The van der Waals surface area contributed by atoms with Crippen LogP contribution in [0.4, 0.5) is 0 Å². The van der Waals surface area contributed by atoms with E-state index >= 15 is 0 Å². The second kappa shape index (κ2) is 5.77. The minimum Gasteiger partial charge on any atom is -0.392 e. The van der Waals surface area contributed by atoms with E-state index in [0.717, 1.165) is 11.1 Å². The van der Waals surface area contributed by atoms with Gasteiger partial charge >= 0.3 is 0 Å².